The van der Waals surface area contributed by atoms with Crippen LogP contribution in [-0.2, 0) is 0 Å². The van der Waals surface area contributed by atoms with Crippen LogP contribution in [0.5, 0.6) is 0 Å². The van der Waals surface area contributed by atoms with Crippen LogP contribution in [0.3, 0.4) is 0 Å². The number of nitrogens with one attached hydrogen (secondary N) is 2. The highest BCUT2D eigenvalue weighted by Crippen LogP contribution is 2.40. The third kappa shape index (κ3) is 2.20. The van der Waals surface area contributed by atoms with Gasteiger partial charge in [0, 0.05) is 25.1 Å². The first-order valence-electron chi connectivity index (χ1n) is 5.31. The Kier molecular flexibility index (Phi) is 3.16. The predicted molar refractivity (Wildman–Crippen MR) is 59.8 cm³/mol. The van der Waals surface area contributed by atoms with Gasteiger partial charge in [-0.25, -0.2) is 0 Å². The maximum atomic E-state index is 11.6. The minimum atomic E-state index is -0.128. The monoisotopic (exact) mass is 243 g/mol. The molecular formula is C10H14ClN3O2. The standard InChI is InChI=1S/C10H13N3O2.ClH/c14-10(12-7-4-11-5-7)8-3-9(15-13-8)6-1-2-6;/h3,6-7,11H,1-2,4-5H2,(H,12,14);1H. The molecule has 2 fully saturated rings. The SMILES string of the molecule is Cl.O=C(NC1CNC1)c1cc(C2CC2)on1. The number of amides is 1. The van der Waals surface area contributed by atoms with Gasteiger partial charge in [-0.15, -0.1) is 12.4 Å². The van der Waals surface area contributed by atoms with Gasteiger partial charge in [-0.2, -0.15) is 0 Å². The Morgan fingerprint density at radius 2 is 2.25 bits per heavy atom. The van der Waals surface area contributed by atoms with E-state index < -0.39 is 0 Å². The van der Waals surface area contributed by atoms with E-state index in [1.54, 1.807) is 6.07 Å². The van der Waals surface area contributed by atoms with Gasteiger partial charge in [-0.1, -0.05) is 5.16 Å². The summed E-state index contributed by atoms with van der Waals surface area (Å²) in [5.74, 6) is 1.23. The van der Waals surface area contributed by atoms with Gasteiger partial charge in [-0.3, -0.25) is 4.79 Å². The minimum absolute atomic E-state index is 0. The zero-order valence-electron chi connectivity index (χ0n) is 8.73. The first kappa shape index (κ1) is 11.4. The van der Waals surface area contributed by atoms with Crippen molar-refractivity contribution in [3.8, 4) is 0 Å². The van der Waals surface area contributed by atoms with Crippen molar-refractivity contribution in [1.29, 1.82) is 0 Å². The summed E-state index contributed by atoms with van der Waals surface area (Å²) in [5, 5.41) is 9.76. The van der Waals surface area contributed by atoms with Crippen LogP contribution >= 0.6 is 12.4 Å². The van der Waals surface area contributed by atoms with Crippen LogP contribution < -0.4 is 10.6 Å². The maximum absolute atomic E-state index is 11.6. The molecule has 0 radical (unpaired) electrons. The van der Waals surface area contributed by atoms with Gasteiger partial charge in [-0.05, 0) is 12.8 Å². The lowest BCUT2D eigenvalue weighted by molar-refractivity contribution is 0.0914. The average molecular weight is 244 g/mol. The Morgan fingerprint density at radius 3 is 2.81 bits per heavy atom. The molecule has 88 valence electrons. The normalized spacial score (nSPS) is 19.8. The van der Waals surface area contributed by atoms with Crippen molar-refractivity contribution < 1.29 is 9.32 Å². The summed E-state index contributed by atoms with van der Waals surface area (Å²) in [6.07, 6.45) is 2.31. The first-order chi connectivity index (χ1) is 7.33. The molecule has 0 spiro atoms. The molecule has 1 aliphatic heterocycles. The van der Waals surface area contributed by atoms with Gasteiger partial charge in [0.1, 0.15) is 5.76 Å². The molecule has 1 amide bonds. The highest BCUT2D eigenvalue weighted by Gasteiger charge is 2.29. The third-order valence-electron chi connectivity index (χ3n) is 2.86. The summed E-state index contributed by atoms with van der Waals surface area (Å²) in [4.78, 5) is 11.6. The van der Waals surface area contributed by atoms with E-state index in [-0.39, 0.29) is 24.4 Å². The minimum Gasteiger partial charge on any atom is -0.360 e. The largest absolute Gasteiger partial charge is 0.360 e. The van der Waals surface area contributed by atoms with Crippen LogP contribution in [0.4, 0.5) is 0 Å². The summed E-state index contributed by atoms with van der Waals surface area (Å²) in [5.41, 5.74) is 0.406. The second kappa shape index (κ2) is 4.43. The molecule has 6 heteroatoms. The van der Waals surface area contributed by atoms with Crippen LogP contribution in [0, 0.1) is 0 Å². The van der Waals surface area contributed by atoms with Gasteiger partial charge in [0.05, 0.1) is 6.04 Å². The first-order valence-corrected chi connectivity index (χ1v) is 5.31. The molecular weight excluding hydrogens is 230 g/mol. The van der Waals surface area contributed by atoms with Gasteiger partial charge >= 0.3 is 0 Å². The van der Waals surface area contributed by atoms with E-state index >= 15 is 0 Å². The van der Waals surface area contributed by atoms with Crippen molar-refractivity contribution in [3.05, 3.63) is 17.5 Å². The number of carbonyl (C=O) groups is 1. The molecule has 0 atom stereocenters. The molecule has 2 heterocycles. The number of aromatic nitrogens is 1. The lowest BCUT2D eigenvalue weighted by atomic mass is 10.2. The fourth-order valence-corrected chi connectivity index (χ4v) is 1.61. The fraction of sp³-hybridized carbons (Fsp3) is 0.600. The van der Waals surface area contributed by atoms with Crippen molar-refractivity contribution in [3.63, 3.8) is 0 Å². The van der Waals surface area contributed by atoms with Gasteiger partial charge in [0.25, 0.3) is 5.91 Å². The van der Waals surface area contributed by atoms with Gasteiger partial charge in [0.15, 0.2) is 5.69 Å². The van der Waals surface area contributed by atoms with Crippen molar-refractivity contribution in [2.45, 2.75) is 24.8 Å². The van der Waals surface area contributed by atoms with Crippen molar-refractivity contribution in [2.24, 2.45) is 0 Å². The molecule has 5 nitrogen and oxygen atoms in total. The molecule has 0 bridgehead atoms. The van der Waals surface area contributed by atoms with Crippen molar-refractivity contribution in [1.82, 2.24) is 15.8 Å². The summed E-state index contributed by atoms with van der Waals surface area (Å²) >= 11 is 0. The van der Waals surface area contributed by atoms with Crippen LogP contribution in [0.15, 0.2) is 10.6 Å². The Balaban J connectivity index is 0.000000963. The molecule has 1 aromatic rings. The second-order valence-corrected chi connectivity index (χ2v) is 4.22. The Labute approximate surface area is 99.4 Å². The maximum Gasteiger partial charge on any atom is 0.273 e. The number of carbonyl (C=O) groups excluding carboxylic acids is 1. The fourth-order valence-electron chi connectivity index (χ4n) is 1.61. The molecule has 16 heavy (non-hydrogen) atoms. The van der Waals surface area contributed by atoms with Crippen LogP contribution in [0.25, 0.3) is 0 Å². The summed E-state index contributed by atoms with van der Waals surface area (Å²) in [7, 11) is 0. The topological polar surface area (TPSA) is 67.2 Å². The zero-order chi connectivity index (χ0) is 10.3. The number of halogens is 1. The average Bonchev–Trinajstić information content (AvgIpc) is 2.90. The molecule has 0 aromatic carbocycles. The van der Waals surface area contributed by atoms with Crippen LogP contribution in [0.1, 0.15) is 35.0 Å². The van der Waals surface area contributed by atoms with E-state index in [4.69, 9.17) is 4.52 Å². The molecule has 3 rings (SSSR count). The predicted octanol–water partition coefficient (Wildman–Crippen LogP) is 0.675. The van der Waals surface area contributed by atoms with E-state index in [0.717, 1.165) is 31.7 Å². The van der Waals surface area contributed by atoms with Gasteiger partial charge in [0.2, 0.25) is 0 Å². The van der Waals surface area contributed by atoms with E-state index in [9.17, 15) is 4.79 Å². The lowest BCUT2D eigenvalue weighted by Gasteiger charge is -2.27. The van der Waals surface area contributed by atoms with Gasteiger partial charge < -0.3 is 15.2 Å². The molecule has 1 aliphatic carbocycles. The summed E-state index contributed by atoms with van der Waals surface area (Å²) in [6.45, 7) is 1.69. The molecule has 0 unspecified atom stereocenters. The number of hydrogen-bond donors (Lipinski definition) is 2. The molecule has 2 N–H and O–H groups in total. The molecule has 2 aliphatic rings. The van der Waals surface area contributed by atoms with Crippen molar-refractivity contribution >= 4 is 18.3 Å². The van der Waals surface area contributed by atoms with E-state index in [1.807, 2.05) is 0 Å². The second-order valence-electron chi connectivity index (χ2n) is 4.22. The van der Waals surface area contributed by atoms with E-state index in [1.165, 1.54) is 0 Å². The third-order valence-corrected chi connectivity index (χ3v) is 2.86. The smallest absolute Gasteiger partial charge is 0.273 e. The van der Waals surface area contributed by atoms with Crippen molar-refractivity contribution in [2.75, 3.05) is 13.1 Å². The van der Waals surface area contributed by atoms with E-state index in [0.29, 0.717) is 11.6 Å². The number of hydrogen-bond acceptors (Lipinski definition) is 4. The van der Waals surface area contributed by atoms with Crippen LogP contribution in [-0.4, -0.2) is 30.2 Å². The Morgan fingerprint density at radius 1 is 1.50 bits per heavy atom. The molecule has 1 aromatic heterocycles. The highest BCUT2D eigenvalue weighted by atomic mass is 35.5. The molecule has 1 saturated heterocycles. The van der Waals surface area contributed by atoms with Crippen LogP contribution in [0.2, 0.25) is 0 Å². The highest BCUT2D eigenvalue weighted by molar-refractivity contribution is 5.92. The molecule has 1 saturated carbocycles. The Bertz CT molecular complexity index is 385. The number of nitrogens with zero attached hydrogens (tertiary/aromatic N) is 1. The van der Waals surface area contributed by atoms with E-state index in [2.05, 4.69) is 15.8 Å². The number of rotatable bonds is 3. The lowest BCUT2D eigenvalue weighted by Crippen LogP contribution is -2.56. The quantitative estimate of drug-likeness (QED) is 0.819. The summed E-state index contributed by atoms with van der Waals surface area (Å²) in [6, 6.07) is 2.01. The summed E-state index contributed by atoms with van der Waals surface area (Å²) < 4.78 is 5.12. The zero-order valence-corrected chi connectivity index (χ0v) is 9.55. The Hall–Kier alpha value is -1.07.